The average Bonchev–Trinajstić information content (AvgIpc) is 2.48. The van der Waals surface area contributed by atoms with Crippen molar-refractivity contribution in [3.63, 3.8) is 0 Å². The molecular weight excluding hydrogens is 359 g/mol. The Kier molecular flexibility index (Phi) is 8.57. The van der Waals surface area contributed by atoms with Crippen LogP contribution >= 0.6 is 0 Å². The average molecular weight is 378 g/mol. The molecule has 0 aliphatic carbocycles. The molecule has 0 aromatic heterocycles. The Bertz CT molecular complexity index is 482. The molecule has 2 amide bonds. The van der Waals surface area contributed by atoms with Crippen LogP contribution in [-0.4, -0.2) is 56.4 Å². The molecule has 146 valence electrons. The molecule has 0 aliphatic heterocycles. The van der Waals surface area contributed by atoms with Gasteiger partial charge >= 0.3 is 24.2 Å². The van der Waals surface area contributed by atoms with E-state index < -0.39 is 49.3 Å². The fourth-order valence-electron chi connectivity index (χ4n) is 1.50. The Morgan fingerprint density at radius 1 is 1.08 bits per heavy atom. The number of hydrogen-bond donors (Lipinski definition) is 2. The quantitative estimate of drug-likeness (QED) is 0.495. The highest BCUT2D eigenvalue weighted by Crippen LogP contribution is 2.35. The monoisotopic (exact) mass is 378 g/mol. The number of alkyl halides is 5. The summed E-state index contributed by atoms with van der Waals surface area (Å²) in [4.78, 5) is 34.2. The number of ether oxygens (including phenoxy) is 2. The number of methoxy groups -OCH3 is 1. The first kappa shape index (κ1) is 22.9. The van der Waals surface area contributed by atoms with E-state index in [-0.39, 0.29) is 12.3 Å². The first-order valence-electron chi connectivity index (χ1n) is 7.02. The Labute approximate surface area is 140 Å². The maximum Gasteiger partial charge on any atom is 0.456 e. The van der Waals surface area contributed by atoms with Crippen LogP contribution in [0.25, 0.3) is 0 Å². The third kappa shape index (κ3) is 8.49. The van der Waals surface area contributed by atoms with Crippen molar-refractivity contribution in [2.45, 2.75) is 38.4 Å². The molecule has 7 nitrogen and oxygen atoms in total. The summed E-state index contributed by atoms with van der Waals surface area (Å²) in [6.45, 7) is 0.473. The highest BCUT2D eigenvalue weighted by atomic mass is 19.4. The Morgan fingerprint density at radius 2 is 1.64 bits per heavy atom. The highest BCUT2D eigenvalue weighted by molar-refractivity contribution is 5.87. The highest BCUT2D eigenvalue weighted by Gasteiger charge is 2.58. The van der Waals surface area contributed by atoms with Crippen LogP contribution in [0.4, 0.5) is 26.7 Å². The molecule has 2 N–H and O–H groups in total. The van der Waals surface area contributed by atoms with Crippen LogP contribution in [0.5, 0.6) is 0 Å². The van der Waals surface area contributed by atoms with Gasteiger partial charge in [-0.1, -0.05) is 13.8 Å². The lowest BCUT2D eigenvalue weighted by Crippen LogP contribution is -2.48. The van der Waals surface area contributed by atoms with Crippen LogP contribution in [-0.2, 0) is 19.1 Å². The van der Waals surface area contributed by atoms with E-state index in [1.807, 2.05) is 5.32 Å². The van der Waals surface area contributed by atoms with E-state index in [1.54, 1.807) is 13.8 Å². The summed E-state index contributed by atoms with van der Waals surface area (Å²) in [5.41, 5.74) is 0. The van der Waals surface area contributed by atoms with Gasteiger partial charge in [-0.25, -0.2) is 9.59 Å². The van der Waals surface area contributed by atoms with Gasteiger partial charge in [0.2, 0.25) is 5.91 Å². The molecule has 0 radical (unpaired) electrons. The molecule has 1 atom stereocenters. The number of carbonyl (C=O) groups is 3. The number of carbonyl (C=O) groups excluding carboxylic acids is 3. The molecule has 12 heteroatoms. The molecule has 0 aromatic rings. The van der Waals surface area contributed by atoms with E-state index in [2.05, 4.69) is 14.8 Å². The molecule has 0 fully saturated rings. The van der Waals surface area contributed by atoms with Crippen LogP contribution in [0, 0.1) is 5.92 Å². The third-order valence-corrected chi connectivity index (χ3v) is 2.72. The smallest absolute Gasteiger partial charge is 0.456 e. The fraction of sp³-hybridized carbons (Fsp3) is 0.769. The van der Waals surface area contributed by atoms with E-state index in [0.29, 0.717) is 0 Å². The number of nitrogens with one attached hydrogen (secondary N) is 2. The maximum absolute atomic E-state index is 12.8. The van der Waals surface area contributed by atoms with Crippen molar-refractivity contribution in [3.05, 3.63) is 0 Å². The summed E-state index contributed by atoms with van der Waals surface area (Å²) in [5, 5.41) is 4.10. The van der Waals surface area contributed by atoms with E-state index in [9.17, 15) is 36.3 Å². The number of esters is 1. The first-order chi connectivity index (χ1) is 11.3. The van der Waals surface area contributed by atoms with Crippen LogP contribution in [0.15, 0.2) is 0 Å². The lowest BCUT2D eigenvalue weighted by Gasteiger charge is -2.23. The zero-order valence-corrected chi connectivity index (χ0v) is 13.7. The summed E-state index contributed by atoms with van der Waals surface area (Å²) in [7, 11) is 1.05. The van der Waals surface area contributed by atoms with E-state index in [4.69, 9.17) is 0 Å². The van der Waals surface area contributed by atoms with Crippen LogP contribution < -0.4 is 10.6 Å². The second-order valence-electron chi connectivity index (χ2n) is 5.40. The minimum Gasteiger partial charge on any atom is -0.457 e. The SMILES string of the molecule is COC(=O)NCC(=O)NC(CC(C)C)C(=O)OCC(F)(F)C(F)(F)F. The molecule has 0 spiro atoms. The van der Waals surface area contributed by atoms with Gasteiger partial charge in [-0.15, -0.1) is 0 Å². The molecule has 0 saturated heterocycles. The van der Waals surface area contributed by atoms with Crippen molar-refractivity contribution >= 4 is 18.0 Å². The number of rotatable bonds is 8. The number of hydrogen-bond acceptors (Lipinski definition) is 5. The van der Waals surface area contributed by atoms with Crippen molar-refractivity contribution < 1.29 is 45.8 Å². The summed E-state index contributed by atoms with van der Waals surface area (Å²) in [5.74, 6) is -7.74. The van der Waals surface area contributed by atoms with Crippen LogP contribution in [0.2, 0.25) is 0 Å². The lowest BCUT2D eigenvalue weighted by molar-refractivity contribution is -0.294. The number of alkyl carbamates (subject to hydrolysis) is 1. The van der Waals surface area contributed by atoms with Crippen molar-refractivity contribution in [2.75, 3.05) is 20.3 Å². The predicted octanol–water partition coefficient (Wildman–Crippen LogP) is 1.61. The van der Waals surface area contributed by atoms with Gasteiger partial charge in [0.15, 0.2) is 6.61 Å². The minimum atomic E-state index is -5.87. The van der Waals surface area contributed by atoms with Gasteiger partial charge in [-0.3, -0.25) is 4.79 Å². The Hall–Kier alpha value is -2.14. The minimum absolute atomic E-state index is 0.0691. The van der Waals surface area contributed by atoms with Gasteiger partial charge in [0.1, 0.15) is 12.6 Å². The van der Waals surface area contributed by atoms with Gasteiger partial charge in [-0.2, -0.15) is 22.0 Å². The van der Waals surface area contributed by atoms with Crippen LogP contribution in [0.3, 0.4) is 0 Å². The van der Waals surface area contributed by atoms with E-state index in [0.717, 1.165) is 7.11 Å². The maximum atomic E-state index is 12.8. The molecule has 0 bridgehead atoms. The lowest BCUT2D eigenvalue weighted by atomic mass is 10.0. The predicted molar refractivity (Wildman–Crippen MR) is 73.8 cm³/mol. The van der Waals surface area contributed by atoms with Gasteiger partial charge in [-0.05, 0) is 12.3 Å². The largest absolute Gasteiger partial charge is 0.457 e. The van der Waals surface area contributed by atoms with E-state index >= 15 is 0 Å². The number of halogens is 5. The molecule has 0 saturated carbocycles. The molecule has 0 aliphatic rings. The Balaban J connectivity index is 4.77. The van der Waals surface area contributed by atoms with E-state index in [1.165, 1.54) is 0 Å². The summed E-state index contributed by atoms with van der Waals surface area (Å²) in [6, 6.07) is -1.45. The van der Waals surface area contributed by atoms with Gasteiger partial charge in [0.25, 0.3) is 0 Å². The fourth-order valence-corrected chi connectivity index (χ4v) is 1.50. The number of amides is 2. The van der Waals surface area contributed by atoms with Crippen molar-refractivity contribution in [1.29, 1.82) is 0 Å². The zero-order chi connectivity index (χ0) is 19.8. The Morgan fingerprint density at radius 3 is 2.08 bits per heavy atom. The van der Waals surface area contributed by atoms with Gasteiger partial charge in [0.05, 0.1) is 7.11 Å². The van der Waals surface area contributed by atoms with Crippen molar-refractivity contribution in [3.8, 4) is 0 Å². The molecule has 0 rings (SSSR count). The summed E-state index contributed by atoms with van der Waals surface area (Å²) >= 11 is 0. The standard InChI is InChI=1S/C13H19F5N2O5/c1-7(2)4-8(20-9(21)5-19-11(23)24-3)10(22)25-6-12(14,15)13(16,17)18/h7-8H,4-6H2,1-3H3,(H,19,23)(H,20,21). The molecule has 1 unspecified atom stereocenters. The molecular formula is C13H19F5N2O5. The van der Waals surface area contributed by atoms with Crippen molar-refractivity contribution in [2.24, 2.45) is 5.92 Å². The first-order valence-corrected chi connectivity index (χ1v) is 7.02. The summed E-state index contributed by atoms with van der Waals surface area (Å²) < 4.78 is 69.9. The normalized spacial score (nSPS) is 13.2. The van der Waals surface area contributed by atoms with Crippen molar-refractivity contribution in [1.82, 2.24) is 10.6 Å². The summed E-state index contributed by atoms with van der Waals surface area (Å²) in [6.07, 6.45) is -6.86. The van der Waals surface area contributed by atoms with Gasteiger partial charge in [0, 0.05) is 0 Å². The second-order valence-corrected chi connectivity index (χ2v) is 5.40. The van der Waals surface area contributed by atoms with Crippen LogP contribution in [0.1, 0.15) is 20.3 Å². The second kappa shape index (κ2) is 9.37. The topological polar surface area (TPSA) is 93.7 Å². The molecule has 25 heavy (non-hydrogen) atoms. The zero-order valence-electron chi connectivity index (χ0n) is 13.7. The third-order valence-electron chi connectivity index (χ3n) is 2.72. The van der Waals surface area contributed by atoms with Gasteiger partial charge < -0.3 is 20.1 Å². The molecule has 0 heterocycles. The molecule has 0 aromatic carbocycles.